The van der Waals surface area contributed by atoms with Gasteiger partial charge in [-0.3, -0.25) is 28.8 Å². The van der Waals surface area contributed by atoms with Crippen molar-refractivity contribution in [2.75, 3.05) is 20.3 Å². The predicted octanol–water partition coefficient (Wildman–Crippen LogP) is -0.478. The molecule has 0 spiro atoms. The summed E-state index contributed by atoms with van der Waals surface area (Å²) in [5, 5.41) is 161. The van der Waals surface area contributed by atoms with Crippen LogP contribution in [0.2, 0.25) is 5.02 Å². The van der Waals surface area contributed by atoms with Gasteiger partial charge >= 0.3 is 5.97 Å². The van der Waals surface area contributed by atoms with Gasteiger partial charge in [0.25, 0.3) is 0 Å². The van der Waals surface area contributed by atoms with E-state index in [2.05, 4.69) is 31.9 Å². The number of ether oxygens (including phenoxy) is 10. The molecule has 9 aliphatic heterocycles. The molecule has 9 heterocycles. The second-order valence-electron chi connectivity index (χ2n) is 28.9. The lowest BCUT2D eigenvalue weighted by Crippen LogP contribution is -2.60. The molecule has 7 aromatic carbocycles. The van der Waals surface area contributed by atoms with Crippen LogP contribution in [0.15, 0.2) is 115 Å². The second kappa shape index (κ2) is 33.4. The zero-order valence-electron chi connectivity index (χ0n) is 61.8. The Morgan fingerprint density at radius 1 is 0.530 bits per heavy atom. The molecule has 7 aromatic rings. The van der Waals surface area contributed by atoms with Gasteiger partial charge in [-0.15, -0.1) is 0 Å². The van der Waals surface area contributed by atoms with E-state index in [4.69, 9.17) is 70.4 Å². The fraction of sp³-hybridized carbons (Fsp3) is 0.372. The molecule has 3 saturated heterocycles. The number of aliphatic hydroxyl groups is 9. The summed E-state index contributed by atoms with van der Waals surface area (Å²) in [6.07, 6.45) is -25.8. The molecular weight excluding hydrogens is 1560 g/mol. The number of nitrogens with one attached hydrogen (secondary N) is 6. The lowest BCUT2D eigenvalue weighted by atomic mass is 9.89. The van der Waals surface area contributed by atoms with Crippen LogP contribution in [0.25, 0.3) is 11.1 Å². The van der Waals surface area contributed by atoms with Crippen LogP contribution < -0.4 is 67.1 Å². The zero-order valence-corrected chi connectivity index (χ0v) is 62.5. The van der Waals surface area contributed by atoms with Gasteiger partial charge in [0.1, 0.15) is 131 Å². The van der Waals surface area contributed by atoms with Crippen molar-refractivity contribution in [3.05, 3.63) is 165 Å². The summed E-state index contributed by atoms with van der Waals surface area (Å²) in [4.78, 5) is 110. The number of amides is 6. The van der Waals surface area contributed by atoms with Crippen molar-refractivity contribution in [2.45, 2.75) is 161 Å². The average Bonchev–Trinajstić information content (AvgIpc) is 0.744. The highest BCUT2D eigenvalue weighted by molar-refractivity contribution is 6.32. The maximum Gasteiger partial charge on any atom is 0.333 e. The Labute approximate surface area is 667 Å². The molecule has 620 valence electrons. The number of methoxy groups -OCH3 is 1. The SMILES string of the molecule is COC(=O)C1NC(=O)C2NC(=O)C(NC(=O)C3NC(=O)C4NC(=O)C(Cc5ccc(cc5)Oc5cc3cc(c5O)Oc3ccc(cc3Cl)C2OC2C[C@@H](N)[C@@H](O)[C@H](C)O2)NC(=O)C(N)c2ccc(O)c(c2)Oc2cc4cc(O[C@@H]3O[C@H](CO)[C@@H](O)[C@H](O)[C@@H]3O)c2C)c2ccc(O)c(c2)-c2c(O[C@@H]3O[C@H](CO)[C@@H](O)[C@H](O)[C@@H]3O)cc(O)cc21. The summed E-state index contributed by atoms with van der Waals surface area (Å²) in [6, 6.07) is 6.89. The van der Waals surface area contributed by atoms with Gasteiger partial charge in [0.2, 0.25) is 53.8 Å². The lowest BCUT2D eigenvalue weighted by Gasteiger charge is -2.40. The summed E-state index contributed by atoms with van der Waals surface area (Å²) < 4.78 is 61.2. The number of nitrogens with two attached hydrogens (primary N) is 2. The van der Waals surface area contributed by atoms with Crippen LogP contribution in [-0.2, 0) is 63.7 Å². The Balaban J connectivity index is 0.998. The molecule has 39 heteroatoms. The van der Waals surface area contributed by atoms with Crippen molar-refractivity contribution in [2.24, 2.45) is 11.5 Å². The molecule has 0 radical (unpaired) electrons. The zero-order chi connectivity index (χ0) is 83.6. The lowest BCUT2D eigenvalue weighted by molar-refractivity contribution is -0.277. The summed E-state index contributed by atoms with van der Waals surface area (Å²) in [5.74, 6) is -15.1. The number of benzene rings is 7. The number of aliphatic hydroxyl groups excluding tert-OH is 9. The summed E-state index contributed by atoms with van der Waals surface area (Å²) in [6.45, 7) is 0.972. The van der Waals surface area contributed by atoms with E-state index in [9.17, 15) is 76.0 Å². The number of phenolic OH excluding ortho intramolecular Hbond substituents is 4. The van der Waals surface area contributed by atoms with Crippen LogP contribution in [0.4, 0.5) is 0 Å². The first-order valence-corrected chi connectivity index (χ1v) is 37.0. The number of rotatable bonds is 9. The van der Waals surface area contributed by atoms with E-state index in [1.54, 1.807) is 0 Å². The minimum absolute atomic E-state index is 0.0366. The Hall–Kier alpha value is -11.3. The maximum atomic E-state index is 16.6. The highest BCUT2D eigenvalue weighted by Gasteiger charge is 2.50. The smallest absolute Gasteiger partial charge is 0.333 e. The van der Waals surface area contributed by atoms with Crippen LogP contribution >= 0.6 is 11.6 Å². The third kappa shape index (κ3) is 16.4. The Kier molecular flexibility index (Phi) is 23.5. The van der Waals surface area contributed by atoms with Gasteiger partial charge in [0.05, 0.1) is 37.6 Å². The van der Waals surface area contributed by atoms with Crippen LogP contribution in [0.3, 0.4) is 0 Å². The molecule has 23 N–H and O–H groups in total. The molecule has 0 aliphatic carbocycles. The maximum absolute atomic E-state index is 16.6. The Bertz CT molecular complexity index is 5030. The third-order valence-electron chi connectivity index (χ3n) is 21.2. The summed E-state index contributed by atoms with van der Waals surface area (Å²) in [5.41, 5.74) is 10.6. The molecule has 0 aromatic heterocycles. The first-order valence-electron chi connectivity index (χ1n) is 36.6. The number of carbonyl (C=O) groups is 7. The van der Waals surface area contributed by atoms with E-state index in [-0.39, 0.29) is 74.4 Å². The minimum atomic E-state index is -2.35. The van der Waals surface area contributed by atoms with Crippen molar-refractivity contribution in [1.29, 1.82) is 0 Å². The summed E-state index contributed by atoms with van der Waals surface area (Å²) >= 11 is 7.22. The van der Waals surface area contributed by atoms with Crippen LogP contribution in [0, 0.1) is 6.92 Å². The third-order valence-corrected chi connectivity index (χ3v) is 21.5. The van der Waals surface area contributed by atoms with E-state index in [0.29, 0.717) is 5.56 Å². The number of hydrogen-bond donors (Lipinski definition) is 21. The van der Waals surface area contributed by atoms with Crippen molar-refractivity contribution in [3.63, 3.8) is 0 Å². The Morgan fingerprint density at radius 3 is 1.73 bits per heavy atom. The normalized spacial score (nSPS) is 30.5. The highest BCUT2D eigenvalue weighted by Crippen LogP contribution is 2.50. The molecule has 9 unspecified atom stereocenters. The first kappa shape index (κ1) is 82.3. The van der Waals surface area contributed by atoms with Gasteiger partial charge in [-0.05, 0) is 126 Å². The average molecular weight is 1650 g/mol. The fourth-order valence-electron chi connectivity index (χ4n) is 14.7. The fourth-order valence-corrected chi connectivity index (χ4v) is 14.9. The molecule has 16 rings (SSSR count). The number of esters is 1. The van der Waals surface area contributed by atoms with E-state index in [0.717, 1.165) is 61.7 Å². The molecule has 3 fully saturated rings. The quantitative estimate of drug-likeness (QED) is 0.0812. The topological polar surface area (TPSA) is 599 Å². The molecule has 38 nitrogen and oxygen atoms in total. The van der Waals surface area contributed by atoms with Gasteiger partial charge < -0.3 is 157 Å². The number of halogens is 1. The molecule has 6 amide bonds. The van der Waals surface area contributed by atoms with Crippen LogP contribution in [0.1, 0.15) is 94.2 Å². The van der Waals surface area contributed by atoms with Gasteiger partial charge in [-0.1, -0.05) is 41.9 Å². The standard InChI is InChI=1S/C78H81ClN8O30/c1-27-45-18-33(19-46(27)113-77-67(99)65(97)63(95)51(25-88)115-77)57-73(104)85-58-34-20-49(110-36-9-4-29(5-10-36)14-41(70(101)83-57)82-71(102)55(81)30-6-12-43(92)47(17-30)112-45)62(94)50(21-34)111-44-13-8-32(16-39(44)79)69(117-53-24-40(80)61(93)28(2)109-53)60-75(106)86-59(76(107)108-3)38-22-35(90)23-48(114-78-68(100)66(98)64(96)52(26-89)116-78)54(38)37-15-31(7-11-42(37)91)56(72(103)87-60)84-74(58)105/h4-13,15-23,28,40-41,51-53,55-61,63-69,77-78,88-100H,14,24-26,80-81H2,1-3H3,(H,82,102)(H,83,101)(H,84,105)(H,85,104)(H,86,106)(H,87,103)/t28-,40+,41?,51+,52+,53?,55?,56?,57?,58?,59?,60?,61-,63+,64+,65-,66-,67-,68-,69?,77+,78+/m0/s1. The van der Waals surface area contributed by atoms with Crippen molar-refractivity contribution in [3.8, 4) is 80.1 Å². The van der Waals surface area contributed by atoms with Gasteiger partial charge in [0.15, 0.2) is 35.3 Å². The number of hydrogen-bond acceptors (Lipinski definition) is 32. The van der Waals surface area contributed by atoms with Crippen LogP contribution in [0.5, 0.6) is 69.0 Å². The monoisotopic (exact) mass is 1640 g/mol. The number of fused-ring (bicyclic) bond motifs is 14. The first-order chi connectivity index (χ1) is 55.8. The van der Waals surface area contributed by atoms with E-state index in [1.165, 1.54) is 74.5 Å². The van der Waals surface area contributed by atoms with E-state index >= 15 is 24.0 Å². The van der Waals surface area contributed by atoms with Crippen molar-refractivity contribution in [1.82, 2.24) is 31.9 Å². The summed E-state index contributed by atoms with van der Waals surface area (Å²) in [7, 11) is 0.915. The molecular formula is C78H81ClN8O30. The van der Waals surface area contributed by atoms with E-state index in [1.807, 2.05) is 0 Å². The molecule has 0 saturated carbocycles. The van der Waals surface area contributed by atoms with Gasteiger partial charge in [-0.2, -0.15) is 0 Å². The highest BCUT2D eigenvalue weighted by atomic mass is 35.5. The Morgan fingerprint density at radius 2 is 1.09 bits per heavy atom. The molecule has 17 bridgehead atoms. The molecule has 9 aliphatic rings. The molecule has 117 heavy (non-hydrogen) atoms. The van der Waals surface area contributed by atoms with Gasteiger partial charge in [0, 0.05) is 47.2 Å². The van der Waals surface area contributed by atoms with Crippen molar-refractivity contribution >= 4 is 53.0 Å². The minimum Gasteiger partial charge on any atom is -0.508 e. The second-order valence-corrected chi connectivity index (χ2v) is 29.3. The largest absolute Gasteiger partial charge is 0.508 e. The van der Waals surface area contributed by atoms with Crippen LogP contribution in [-0.4, -0.2) is 226 Å². The predicted molar refractivity (Wildman–Crippen MR) is 396 cm³/mol. The number of aromatic hydroxyl groups is 4. The van der Waals surface area contributed by atoms with E-state index < -0.39 is 251 Å². The molecule has 22 atom stereocenters. The van der Waals surface area contributed by atoms with Crippen molar-refractivity contribution < 1.29 is 147 Å². The number of carbonyl (C=O) groups excluding carboxylic acids is 7. The van der Waals surface area contributed by atoms with Gasteiger partial charge in [-0.25, -0.2) is 4.79 Å². The number of phenols is 4.